The van der Waals surface area contributed by atoms with Crippen molar-refractivity contribution >= 4 is 23.6 Å². The molecule has 0 radical (unpaired) electrons. The van der Waals surface area contributed by atoms with Crippen LogP contribution in [0.2, 0.25) is 0 Å². The van der Waals surface area contributed by atoms with Gasteiger partial charge >= 0.3 is 12.0 Å². The number of hydrogen-bond acceptors (Lipinski definition) is 5. The lowest BCUT2D eigenvalue weighted by atomic mass is 10.0. The molecule has 138 valence electrons. The average Bonchev–Trinajstić information content (AvgIpc) is 2.60. The number of hydrogen-bond donors (Lipinski definition) is 3. The van der Waals surface area contributed by atoms with Gasteiger partial charge in [-0.05, 0) is 18.4 Å². The zero-order valence-corrected chi connectivity index (χ0v) is 14.8. The molecule has 2 amide bonds. The Morgan fingerprint density at radius 1 is 1.19 bits per heavy atom. The molecule has 1 heterocycles. The zero-order chi connectivity index (χ0) is 18.9. The predicted octanol–water partition coefficient (Wildman–Crippen LogP) is 2.14. The molecule has 0 saturated carbocycles. The van der Waals surface area contributed by atoms with Gasteiger partial charge in [-0.1, -0.05) is 30.3 Å². The van der Waals surface area contributed by atoms with Gasteiger partial charge in [0.2, 0.25) is 0 Å². The number of carboxylic acids is 1. The minimum absolute atomic E-state index is 0.0178. The van der Waals surface area contributed by atoms with Crippen LogP contribution in [0.1, 0.15) is 18.4 Å². The fraction of sp³-hybridized carbons (Fsp3) is 0.333. The van der Waals surface area contributed by atoms with Gasteiger partial charge in [0, 0.05) is 32.6 Å². The van der Waals surface area contributed by atoms with Gasteiger partial charge in [-0.2, -0.15) is 0 Å². The molecule has 0 aliphatic heterocycles. The molecule has 0 aliphatic rings. The van der Waals surface area contributed by atoms with E-state index in [1.165, 1.54) is 6.33 Å². The molecule has 8 nitrogen and oxygen atoms in total. The summed E-state index contributed by atoms with van der Waals surface area (Å²) in [4.78, 5) is 33.1. The highest BCUT2D eigenvalue weighted by Crippen LogP contribution is 2.12. The first-order valence-electron chi connectivity index (χ1n) is 8.26. The number of amides is 2. The highest BCUT2D eigenvalue weighted by atomic mass is 16.4. The first-order chi connectivity index (χ1) is 12.4. The molecule has 3 N–H and O–H groups in total. The highest BCUT2D eigenvalue weighted by Gasteiger charge is 2.15. The number of urea groups is 1. The summed E-state index contributed by atoms with van der Waals surface area (Å²) < 4.78 is 0. The Morgan fingerprint density at radius 3 is 2.58 bits per heavy atom. The standard InChI is InChI=1S/C18H23N5O3/c1-23(2)16-11-15(19-12-20-16)22-18(26)21-14(8-9-17(24)25)10-13-6-4-3-5-7-13/h3-7,11-12,14H,8-10H2,1-2H3,(H,24,25)(H2,19,20,21,22,26). The third-order valence-corrected chi connectivity index (χ3v) is 3.72. The maximum absolute atomic E-state index is 12.3. The Morgan fingerprint density at radius 2 is 1.92 bits per heavy atom. The number of aromatic nitrogens is 2. The van der Waals surface area contributed by atoms with Gasteiger partial charge in [0.25, 0.3) is 0 Å². The summed E-state index contributed by atoms with van der Waals surface area (Å²) in [6.07, 6.45) is 2.24. The van der Waals surface area contributed by atoms with Crippen LogP contribution in [0.5, 0.6) is 0 Å². The Labute approximate surface area is 152 Å². The molecule has 2 rings (SSSR count). The molecule has 1 unspecified atom stereocenters. The lowest BCUT2D eigenvalue weighted by molar-refractivity contribution is -0.137. The summed E-state index contributed by atoms with van der Waals surface area (Å²) in [7, 11) is 3.68. The lowest BCUT2D eigenvalue weighted by Crippen LogP contribution is -2.39. The third kappa shape index (κ3) is 6.39. The van der Waals surface area contributed by atoms with Crippen LogP contribution in [0, 0.1) is 0 Å². The van der Waals surface area contributed by atoms with Gasteiger partial charge in [-0.25, -0.2) is 14.8 Å². The van der Waals surface area contributed by atoms with E-state index in [0.717, 1.165) is 5.56 Å². The molecule has 0 saturated heterocycles. The molecular formula is C18H23N5O3. The van der Waals surface area contributed by atoms with E-state index in [4.69, 9.17) is 5.11 Å². The topological polar surface area (TPSA) is 107 Å². The van der Waals surface area contributed by atoms with Crippen molar-refractivity contribution in [2.24, 2.45) is 0 Å². The number of carboxylic acid groups (broad SMARTS) is 1. The number of rotatable bonds is 8. The summed E-state index contributed by atoms with van der Waals surface area (Å²) in [6, 6.07) is 10.5. The Kier molecular flexibility index (Phi) is 6.90. The number of aliphatic carboxylic acids is 1. The normalized spacial score (nSPS) is 11.5. The predicted molar refractivity (Wildman–Crippen MR) is 99.3 cm³/mol. The molecule has 1 atom stereocenters. The maximum Gasteiger partial charge on any atom is 0.320 e. The van der Waals surface area contributed by atoms with Gasteiger partial charge in [-0.15, -0.1) is 0 Å². The largest absolute Gasteiger partial charge is 0.481 e. The summed E-state index contributed by atoms with van der Waals surface area (Å²) in [5.74, 6) is 0.150. The fourth-order valence-corrected chi connectivity index (χ4v) is 2.42. The summed E-state index contributed by atoms with van der Waals surface area (Å²) >= 11 is 0. The van der Waals surface area contributed by atoms with Crippen LogP contribution in [-0.4, -0.2) is 47.2 Å². The second-order valence-corrected chi connectivity index (χ2v) is 6.07. The van der Waals surface area contributed by atoms with Crippen LogP contribution in [0.25, 0.3) is 0 Å². The minimum Gasteiger partial charge on any atom is -0.481 e. The lowest BCUT2D eigenvalue weighted by Gasteiger charge is -2.19. The van der Waals surface area contributed by atoms with E-state index in [0.29, 0.717) is 24.5 Å². The van der Waals surface area contributed by atoms with Crippen LogP contribution < -0.4 is 15.5 Å². The van der Waals surface area contributed by atoms with Gasteiger partial charge in [0.05, 0.1) is 0 Å². The van der Waals surface area contributed by atoms with Crippen LogP contribution in [0.4, 0.5) is 16.4 Å². The van der Waals surface area contributed by atoms with E-state index in [-0.39, 0.29) is 12.5 Å². The highest BCUT2D eigenvalue weighted by molar-refractivity contribution is 5.88. The average molecular weight is 357 g/mol. The molecular weight excluding hydrogens is 334 g/mol. The second-order valence-electron chi connectivity index (χ2n) is 6.07. The molecule has 0 spiro atoms. The Balaban J connectivity index is 2.00. The van der Waals surface area contributed by atoms with Crippen LogP contribution in [-0.2, 0) is 11.2 Å². The molecule has 26 heavy (non-hydrogen) atoms. The van der Waals surface area contributed by atoms with Gasteiger partial charge in [-0.3, -0.25) is 10.1 Å². The van der Waals surface area contributed by atoms with E-state index in [9.17, 15) is 9.59 Å². The Hall–Kier alpha value is -3.16. The fourth-order valence-electron chi connectivity index (χ4n) is 2.42. The quantitative estimate of drug-likeness (QED) is 0.668. The number of benzene rings is 1. The monoisotopic (exact) mass is 357 g/mol. The summed E-state index contributed by atoms with van der Waals surface area (Å²) in [6.45, 7) is 0. The van der Waals surface area contributed by atoms with Gasteiger partial charge in [0.15, 0.2) is 0 Å². The van der Waals surface area contributed by atoms with E-state index in [2.05, 4.69) is 20.6 Å². The van der Waals surface area contributed by atoms with Crippen molar-refractivity contribution in [2.45, 2.75) is 25.3 Å². The van der Waals surface area contributed by atoms with E-state index in [1.807, 2.05) is 44.4 Å². The summed E-state index contributed by atoms with van der Waals surface area (Å²) in [5.41, 5.74) is 1.03. The molecule has 0 fully saturated rings. The van der Waals surface area contributed by atoms with Crippen molar-refractivity contribution in [2.75, 3.05) is 24.3 Å². The molecule has 1 aromatic carbocycles. The number of nitrogens with zero attached hydrogens (tertiary/aromatic N) is 3. The molecule has 0 aliphatic carbocycles. The molecule has 8 heteroatoms. The maximum atomic E-state index is 12.3. The van der Waals surface area contributed by atoms with Crippen molar-refractivity contribution in [1.29, 1.82) is 0 Å². The van der Waals surface area contributed by atoms with E-state index in [1.54, 1.807) is 11.0 Å². The first kappa shape index (κ1) is 19.2. The molecule has 0 bridgehead atoms. The minimum atomic E-state index is -0.892. The SMILES string of the molecule is CN(C)c1cc(NC(=O)NC(CCC(=O)O)Cc2ccccc2)ncn1. The van der Waals surface area contributed by atoms with E-state index >= 15 is 0 Å². The third-order valence-electron chi connectivity index (χ3n) is 3.72. The number of anilines is 2. The Bertz CT molecular complexity index is 737. The zero-order valence-electron chi connectivity index (χ0n) is 14.8. The number of nitrogens with one attached hydrogen (secondary N) is 2. The van der Waals surface area contributed by atoms with Gasteiger partial charge in [0.1, 0.15) is 18.0 Å². The number of carbonyl (C=O) groups excluding carboxylic acids is 1. The van der Waals surface area contributed by atoms with Crippen LogP contribution in [0.3, 0.4) is 0 Å². The second kappa shape index (κ2) is 9.36. The summed E-state index contributed by atoms with van der Waals surface area (Å²) in [5, 5.41) is 14.4. The van der Waals surface area contributed by atoms with Crippen LogP contribution in [0.15, 0.2) is 42.7 Å². The smallest absolute Gasteiger partial charge is 0.320 e. The molecule has 2 aromatic rings. The van der Waals surface area contributed by atoms with Crippen molar-refractivity contribution in [3.63, 3.8) is 0 Å². The first-order valence-corrected chi connectivity index (χ1v) is 8.26. The van der Waals surface area contributed by atoms with Crippen molar-refractivity contribution in [3.8, 4) is 0 Å². The van der Waals surface area contributed by atoms with Crippen LogP contribution >= 0.6 is 0 Å². The molecule has 1 aromatic heterocycles. The number of carbonyl (C=O) groups is 2. The van der Waals surface area contributed by atoms with Crippen molar-refractivity contribution in [1.82, 2.24) is 15.3 Å². The van der Waals surface area contributed by atoms with E-state index < -0.39 is 12.0 Å². The van der Waals surface area contributed by atoms with Gasteiger partial charge < -0.3 is 15.3 Å². The van der Waals surface area contributed by atoms with Crippen molar-refractivity contribution < 1.29 is 14.7 Å². The van der Waals surface area contributed by atoms with Crippen molar-refractivity contribution in [3.05, 3.63) is 48.3 Å².